The molecule has 11 nitrogen and oxygen atoms in total. The molecule has 3 amide bonds. The number of carbonyl (C=O) groups excluding carboxylic acids is 3. The zero-order chi connectivity index (χ0) is 32.8. The first-order valence-electron chi connectivity index (χ1n) is 16.3. The van der Waals surface area contributed by atoms with Crippen LogP contribution in [0.15, 0.2) is 83.9 Å². The number of nitrogens with two attached hydrogens (primary N) is 1. The predicted molar refractivity (Wildman–Crippen MR) is 180 cm³/mol. The fourth-order valence-electron chi connectivity index (χ4n) is 5.73. The van der Waals surface area contributed by atoms with Crippen LogP contribution >= 0.6 is 0 Å². The molecule has 1 aromatic heterocycles. The number of anilines is 2. The third-order valence-corrected chi connectivity index (χ3v) is 8.53. The third kappa shape index (κ3) is 7.81. The first kappa shape index (κ1) is 31.8. The zero-order valence-electron chi connectivity index (χ0n) is 26.3. The summed E-state index contributed by atoms with van der Waals surface area (Å²) >= 11 is 0. The van der Waals surface area contributed by atoms with Crippen molar-refractivity contribution >= 4 is 29.1 Å². The van der Waals surface area contributed by atoms with E-state index in [4.69, 9.17) is 10.5 Å². The second-order valence-electron chi connectivity index (χ2n) is 12.1. The zero-order valence-corrected chi connectivity index (χ0v) is 26.3. The number of carbonyl (C=O) groups is 3. The molecule has 0 saturated heterocycles. The number of fused-ring (bicyclic) bond motifs is 1. The number of ether oxygens (including phenoxy) is 1. The van der Waals surface area contributed by atoms with Crippen LogP contribution in [-0.4, -0.2) is 50.9 Å². The first-order chi connectivity index (χ1) is 22.9. The molecule has 2 heterocycles. The number of aromatic nitrogens is 2. The lowest BCUT2D eigenvalue weighted by Crippen LogP contribution is -2.33. The highest BCUT2D eigenvalue weighted by Gasteiger charge is 2.33. The monoisotopic (exact) mass is 636 g/mol. The predicted octanol–water partition coefficient (Wildman–Crippen LogP) is 4.94. The quantitative estimate of drug-likeness (QED) is 0.168. The Balaban J connectivity index is 1.03. The van der Waals surface area contributed by atoms with Gasteiger partial charge >= 0.3 is 5.69 Å². The fraction of sp³-hybridized carbons (Fsp3) is 0.333. The lowest BCUT2D eigenvalue weighted by Gasteiger charge is -2.24. The Morgan fingerprint density at radius 2 is 1.62 bits per heavy atom. The van der Waals surface area contributed by atoms with E-state index in [0.29, 0.717) is 41.3 Å². The molecule has 0 atom stereocenters. The average molecular weight is 637 g/mol. The van der Waals surface area contributed by atoms with Crippen molar-refractivity contribution in [3.05, 3.63) is 106 Å². The van der Waals surface area contributed by atoms with Gasteiger partial charge in [-0.3, -0.25) is 23.5 Å². The molecule has 6 rings (SSSR count). The average Bonchev–Trinajstić information content (AvgIpc) is 3.87. The van der Waals surface area contributed by atoms with E-state index >= 15 is 0 Å². The Kier molecular flexibility index (Phi) is 9.82. The van der Waals surface area contributed by atoms with Gasteiger partial charge in [0.25, 0.3) is 17.7 Å². The molecule has 0 radical (unpaired) electrons. The molecule has 3 aromatic carbocycles. The topological polar surface area (TPSA) is 141 Å². The van der Waals surface area contributed by atoms with Crippen molar-refractivity contribution in [3.63, 3.8) is 0 Å². The normalized spacial score (nSPS) is 13.8. The van der Waals surface area contributed by atoms with Crippen LogP contribution in [0.5, 0.6) is 5.75 Å². The highest BCUT2D eigenvalue weighted by atomic mass is 16.5. The fourth-order valence-corrected chi connectivity index (χ4v) is 5.73. The summed E-state index contributed by atoms with van der Waals surface area (Å²) in [5.41, 5.74) is 9.27. The number of aryl methyl sites for hydroxylation is 1. The molecule has 1 aliphatic carbocycles. The number of hydrogen-bond acceptors (Lipinski definition) is 6. The number of rotatable bonds is 14. The van der Waals surface area contributed by atoms with Gasteiger partial charge in [0.15, 0.2) is 6.61 Å². The van der Waals surface area contributed by atoms with Crippen molar-refractivity contribution in [3.8, 4) is 11.4 Å². The summed E-state index contributed by atoms with van der Waals surface area (Å²) in [7, 11) is 0. The summed E-state index contributed by atoms with van der Waals surface area (Å²) in [6, 6.07) is 19.7. The SMILES string of the molecule is NCCCCCCCn1ccn(-c2ccc(NC(=O)c3ccc(CN(C(=O)c4ccc5c(c4)OCC(=O)N5)C4CC4)cc3)cc2)c1=O. The molecule has 4 N–H and O–H groups in total. The second kappa shape index (κ2) is 14.5. The van der Waals surface area contributed by atoms with Crippen LogP contribution in [0.1, 0.15) is 71.2 Å². The van der Waals surface area contributed by atoms with E-state index in [9.17, 15) is 19.2 Å². The van der Waals surface area contributed by atoms with Crippen molar-refractivity contribution in [1.29, 1.82) is 0 Å². The van der Waals surface area contributed by atoms with Gasteiger partial charge in [-0.15, -0.1) is 0 Å². The number of amides is 3. The molecule has 47 heavy (non-hydrogen) atoms. The standard InChI is InChI=1S/C36H40N6O5/c37-18-4-2-1-3-5-19-40-20-21-41(36(40)46)29-13-11-28(12-14-29)38-34(44)26-8-6-25(7-9-26)23-42(30-15-16-30)35(45)27-10-17-31-32(22-27)47-24-33(43)39-31/h6-14,17,20-22,30H,1-5,15-16,18-19,23-24,37H2,(H,38,44)(H,39,43). The molecule has 4 aromatic rings. The van der Waals surface area contributed by atoms with Crippen molar-refractivity contribution in [2.75, 3.05) is 23.8 Å². The van der Waals surface area contributed by atoms with Crippen LogP contribution in [0.2, 0.25) is 0 Å². The Hall–Kier alpha value is -5.16. The lowest BCUT2D eigenvalue weighted by molar-refractivity contribution is -0.118. The van der Waals surface area contributed by atoms with Crippen molar-refractivity contribution in [1.82, 2.24) is 14.0 Å². The third-order valence-electron chi connectivity index (χ3n) is 8.53. The Morgan fingerprint density at radius 1 is 0.894 bits per heavy atom. The summed E-state index contributed by atoms with van der Waals surface area (Å²) in [5, 5.41) is 5.67. The molecule has 1 saturated carbocycles. The Morgan fingerprint density at radius 3 is 2.36 bits per heavy atom. The van der Waals surface area contributed by atoms with Gasteiger partial charge in [-0.05, 0) is 92.4 Å². The van der Waals surface area contributed by atoms with Gasteiger partial charge in [0.1, 0.15) is 5.75 Å². The van der Waals surface area contributed by atoms with Crippen LogP contribution < -0.4 is 26.8 Å². The maximum atomic E-state index is 13.5. The molecule has 1 fully saturated rings. The summed E-state index contributed by atoms with van der Waals surface area (Å²) in [4.78, 5) is 52.8. The van der Waals surface area contributed by atoms with E-state index < -0.39 is 0 Å². The van der Waals surface area contributed by atoms with E-state index in [2.05, 4.69) is 10.6 Å². The number of nitrogens with one attached hydrogen (secondary N) is 2. The largest absolute Gasteiger partial charge is 0.482 e. The van der Waals surface area contributed by atoms with Gasteiger partial charge in [0.05, 0.1) is 11.4 Å². The lowest BCUT2D eigenvalue weighted by atomic mass is 10.1. The summed E-state index contributed by atoms with van der Waals surface area (Å²) in [6.07, 6.45) is 10.8. The van der Waals surface area contributed by atoms with Crippen LogP contribution in [0.3, 0.4) is 0 Å². The summed E-state index contributed by atoms with van der Waals surface area (Å²) < 4.78 is 8.83. The molecule has 1 aliphatic heterocycles. The molecular weight excluding hydrogens is 596 g/mol. The number of nitrogens with zero attached hydrogens (tertiary/aromatic N) is 3. The molecular formula is C36H40N6O5. The minimum atomic E-state index is -0.254. The van der Waals surface area contributed by atoms with Crippen LogP contribution in [0.4, 0.5) is 11.4 Å². The van der Waals surface area contributed by atoms with E-state index in [1.54, 1.807) is 57.8 Å². The van der Waals surface area contributed by atoms with Gasteiger partial charge < -0.3 is 26.0 Å². The minimum Gasteiger partial charge on any atom is -0.482 e. The Bertz CT molecular complexity index is 1790. The number of unbranched alkanes of at least 4 members (excludes halogenated alkanes) is 4. The van der Waals surface area contributed by atoms with Gasteiger partial charge in [-0.25, -0.2) is 4.79 Å². The van der Waals surface area contributed by atoms with Crippen molar-refractivity contribution in [2.45, 2.75) is 64.1 Å². The molecule has 11 heteroatoms. The van der Waals surface area contributed by atoms with Crippen molar-refractivity contribution < 1.29 is 19.1 Å². The molecule has 0 unspecified atom stereocenters. The van der Waals surface area contributed by atoms with E-state index in [0.717, 1.165) is 62.7 Å². The number of imidazole rings is 1. The second-order valence-corrected chi connectivity index (χ2v) is 12.1. The summed E-state index contributed by atoms with van der Waals surface area (Å²) in [5.74, 6) is -0.0913. The number of hydrogen-bond donors (Lipinski definition) is 3. The van der Waals surface area contributed by atoms with E-state index in [1.807, 2.05) is 35.4 Å². The molecule has 0 spiro atoms. The van der Waals surface area contributed by atoms with E-state index in [-0.39, 0.29) is 36.1 Å². The molecule has 2 aliphatic rings. The highest BCUT2D eigenvalue weighted by Crippen LogP contribution is 2.33. The van der Waals surface area contributed by atoms with E-state index in [1.165, 1.54) is 0 Å². The van der Waals surface area contributed by atoms with Gasteiger partial charge in [-0.2, -0.15) is 0 Å². The van der Waals surface area contributed by atoms with Crippen LogP contribution in [0.25, 0.3) is 5.69 Å². The van der Waals surface area contributed by atoms with Gasteiger partial charge in [0.2, 0.25) is 0 Å². The van der Waals surface area contributed by atoms with Crippen molar-refractivity contribution in [2.24, 2.45) is 5.73 Å². The first-order valence-corrected chi connectivity index (χ1v) is 16.3. The minimum absolute atomic E-state index is 0.0741. The highest BCUT2D eigenvalue weighted by molar-refractivity contribution is 6.04. The van der Waals surface area contributed by atoms with Gasteiger partial charge in [-0.1, -0.05) is 31.4 Å². The van der Waals surface area contributed by atoms with Gasteiger partial charge in [0, 0.05) is 48.3 Å². The smallest absolute Gasteiger partial charge is 0.332 e. The molecule has 0 bridgehead atoms. The van der Waals surface area contributed by atoms with Crippen LogP contribution in [-0.2, 0) is 17.9 Å². The van der Waals surface area contributed by atoms with Crippen LogP contribution in [0, 0.1) is 0 Å². The Labute approximate surface area is 273 Å². The maximum Gasteiger partial charge on any atom is 0.332 e. The summed E-state index contributed by atoms with van der Waals surface area (Å²) in [6.45, 7) is 1.75. The maximum absolute atomic E-state index is 13.5. The number of benzene rings is 3. The molecule has 244 valence electrons.